The number of halogens is 3. The van der Waals surface area contributed by atoms with Crippen molar-refractivity contribution in [3.05, 3.63) is 41.6 Å². The van der Waals surface area contributed by atoms with E-state index in [2.05, 4.69) is 4.98 Å². The SMILES string of the molecule is Cl.NCCc1c(F)cc2ncccc2c1F. The first-order chi connectivity index (χ1) is 7.24. The molecule has 0 aliphatic heterocycles. The predicted octanol–water partition coefficient (Wildman–Crippen LogP) is 2.44. The van der Waals surface area contributed by atoms with Crippen molar-refractivity contribution in [2.45, 2.75) is 6.42 Å². The van der Waals surface area contributed by atoms with Crippen LogP contribution >= 0.6 is 12.4 Å². The molecule has 0 aliphatic rings. The first kappa shape index (κ1) is 12.8. The van der Waals surface area contributed by atoms with Crippen LogP contribution in [-0.4, -0.2) is 11.5 Å². The zero-order chi connectivity index (χ0) is 10.8. The number of hydrogen-bond acceptors (Lipinski definition) is 2. The van der Waals surface area contributed by atoms with Gasteiger partial charge in [-0.05, 0) is 25.1 Å². The Morgan fingerprint density at radius 2 is 2.06 bits per heavy atom. The van der Waals surface area contributed by atoms with Crippen molar-refractivity contribution in [2.75, 3.05) is 6.54 Å². The Labute approximate surface area is 97.9 Å². The van der Waals surface area contributed by atoms with E-state index in [1.165, 1.54) is 12.3 Å². The van der Waals surface area contributed by atoms with Crippen molar-refractivity contribution in [1.82, 2.24) is 4.98 Å². The minimum Gasteiger partial charge on any atom is -0.330 e. The minimum atomic E-state index is -0.579. The lowest BCUT2D eigenvalue weighted by Gasteiger charge is -2.06. The molecule has 0 fully saturated rings. The molecule has 0 saturated carbocycles. The first-order valence-electron chi connectivity index (χ1n) is 4.65. The summed E-state index contributed by atoms with van der Waals surface area (Å²) >= 11 is 0. The van der Waals surface area contributed by atoms with Crippen molar-refractivity contribution in [2.24, 2.45) is 5.73 Å². The maximum atomic E-state index is 13.8. The van der Waals surface area contributed by atoms with E-state index < -0.39 is 11.6 Å². The van der Waals surface area contributed by atoms with E-state index in [-0.39, 0.29) is 30.9 Å². The summed E-state index contributed by atoms with van der Waals surface area (Å²) < 4.78 is 27.2. The molecule has 86 valence electrons. The number of hydrogen-bond donors (Lipinski definition) is 1. The Bertz CT molecular complexity index is 503. The van der Waals surface area contributed by atoms with E-state index in [9.17, 15) is 8.78 Å². The molecule has 0 atom stereocenters. The Balaban J connectivity index is 0.00000128. The van der Waals surface area contributed by atoms with Crippen LogP contribution in [0, 0.1) is 11.6 Å². The van der Waals surface area contributed by atoms with Crippen LogP contribution in [-0.2, 0) is 6.42 Å². The highest BCUT2D eigenvalue weighted by molar-refractivity contribution is 5.85. The molecule has 2 rings (SSSR count). The average Bonchev–Trinajstić information content (AvgIpc) is 2.24. The maximum absolute atomic E-state index is 13.8. The quantitative estimate of drug-likeness (QED) is 0.881. The van der Waals surface area contributed by atoms with Gasteiger partial charge in [0, 0.05) is 23.2 Å². The summed E-state index contributed by atoms with van der Waals surface area (Å²) in [6.07, 6.45) is 1.70. The number of benzene rings is 1. The molecule has 1 aromatic carbocycles. The van der Waals surface area contributed by atoms with Crippen LogP contribution in [0.3, 0.4) is 0 Å². The van der Waals surface area contributed by atoms with Crippen molar-refractivity contribution in [3.63, 3.8) is 0 Å². The predicted molar refractivity (Wildman–Crippen MR) is 61.7 cm³/mol. The maximum Gasteiger partial charge on any atom is 0.138 e. The van der Waals surface area contributed by atoms with E-state index in [4.69, 9.17) is 5.73 Å². The number of aromatic nitrogens is 1. The molecule has 0 spiro atoms. The van der Waals surface area contributed by atoms with Gasteiger partial charge in [0.2, 0.25) is 0 Å². The normalized spacial score (nSPS) is 10.2. The largest absolute Gasteiger partial charge is 0.330 e. The van der Waals surface area contributed by atoms with Gasteiger partial charge in [0.25, 0.3) is 0 Å². The molecule has 0 radical (unpaired) electrons. The van der Waals surface area contributed by atoms with Gasteiger partial charge in [0.1, 0.15) is 11.6 Å². The Hall–Kier alpha value is -1.26. The van der Waals surface area contributed by atoms with E-state index in [1.54, 1.807) is 12.1 Å². The van der Waals surface area contributed by atoms with Crippen LogP contribution < -0.4 is 5.73 Å². The number of nitrogens with two attached hydrogens (primary N) is 1. The van der Waals surface area contributed by atoms with Gasteiger partial charge in [-0.25, -0.2) is 8.78 Å². The van der Waals surface area contributed by atoms with Gasteiger partial charge in [-0.15, -0.1) is 12.4 Å². The van der Waals surface area contributed by atoms with E-state index in [0.29, 0.717) is 10.9 Å². The van der Waals surface area contributed by atoms with Crippen LogP contribution in [0.4, 0.5) is 8.78 Å². The zero-order valence-corrected chi connectivity index (χ0v) is 9.23. The second-order valence-corrected chi connectivity index (χ2v) is 3.26. The van der Waals surface area contributed by atoms with Gasteiger partial charge in [-0.3, -0.25) is 4.98 Å². The Morgan fingerprint density at radius 1 is 1.31 bits per heavy atom. The standard InChI is InChI=1S/C11H10F2N2.ClH/c12-9-6-10-8(2-1-5-15-10)11(13)7(9)3-4-14;/h1-2,5-6H,3-4,14H2;1H. The number of rotatable bonds is 2. The fourth-order valence-corrected chi connectivity index (χ4v) is 1.57. The third-order valence-electron chi connectivity index (χ3n) is 2.29. The molecule has 5 heteroatoms. The lowest BCUT2D eigenvalue weighted by Crippen LogP contribution is -2.07. The summed E-state index contributed by atoms with van der Waals surface area (Å²) in [6, 6.07) is 4.44. The average molecular weight is 245 g/mol. The minimum absolute atomic E-state index is 0. The number of pyridine rings is 1. The molecule has 0 unspecified atom stereocenters. The molecular formula is C11H11ClF2N2. The highest BCUT2D eigenvalue weighted by Gasteiger charge is 2.12. The molecule has 2 nitrogen and oxygen atoms in total. The monoisotopic (exact) mass is 244 g/mol. The summed E-state index contributed by atoms with van der Waals surface area (Å²) in [5.41, 5.74) is 5.66. The smallest absolute Gasteiger partial charge is 0.138 e. The topological polar surface area (TPSA) is 38.9 Å². The molecule has 16 heavy (non-hydrogen) atoms. The molecule has 1 aromatic heterocycles. The molecule has 2 N–H and O–H groups in total. The summed E-state index contributed by atoms with van der Waals surface area (Å²) in [6.45, 7) is 0.222. The molecule has 2 aromatic rings. The fraction of sp³-hybridized carbons (Fsp3) is 0.182. The summed E-state index contributed by atoms with van der Waals surface area (Å²) in [7, 11) is 0. The van der Waals surface area contributed by atoms with Crippen molar-refractivity contribution < 1.29 is 8.78 Å². The molecule has 0 bridgehead atoms. The molecule has 0 aliphatic carbocycles. The van der Waals surface area contributed by atoms with Crippen molar-refractivity contribution in [1.29, 1.82) is 0 Å². The van der Waals surface area contributed by atoms with Crippen LogP contribution in [0.2, 0.25) is 0 Å². The first-order valence-corrected chi connectivity index (χ1v) is 4.65. The number of nitrogens with zero attached hydrogens (tertiary/aromatic N) is 1. The van der Waals surface area contributed by atoms with Gasteiger partial charge in [0.05, 0.1) is 5.52 Å². The van der Waals surface area contributed by atoms with Crippen LogP contribution in [0.1, 0.15) is 5.56 Å². The lowest BCUT2D eigenvalue weighted by molar-refractivity contribution is 0.564. The van der Waals surface area contributed by atoms with Crippen molar-refractivity contribution >= 4 is 23.3 Å². The third-order valence-corrected chi connectivity index (χ3v) is 2.29. The summed E-state index contributed by atoms with van der Waals surface area (Å²) in [5, 5.41) is 0.336. The van der Waals surface area contributed by atoms with Crippen LogP contribution in [0.15, 0.2) is 24.4 Å². The van der Waals surface area contributed by atoms with Crippen molar-refractivity contribution in [3.8, 4) is 0 Å². The van der Waals surface area contributed by atoms with Gasteiger partial charge in [-0.1, -0.05) is 0 Å². The highest BCUT2D eigenvalue weighted by atomic mass is 35.5. The second-order valence-electron chi connectivity index (χ2n) is 3.26. The second kappa shape index (κ2) is 5.18. The van der Waals surface area contributed by atoms with Gasteiger partial charge >= 0.3 is 0 Å². The third kappa shape index (κ3) is 2.13. The highest BCUT2D eigenvalue weighted by Crippen LogP contribution is 2.22. The van der Waals surface area contributed by atoms with Gasteiger partial charge < -0.3 is 5.73 Å². The molecule has 0 saturated heterocycles. The van der Waals surface area contributed by atoms with Gasteiger partial charge in [0.15, 0.2) is 0 Å². The molecule has 0 amide bonds. The summed E-state index contributed by atoms with van der Waals surface area (Å²) in [4.78, 5) is 3.89. The van der Waals surface area contributed by atoms with Crippen LogP contribution in [0.5, 0.6) is 0 Å². The van der Waals surface area contributed by atoms with Crippen LogP contribution in [0.25, 0.3) is 10.9 Å². The van der Waals surface area contributed by atoms with E-state index >= 15 is 0 Å². The van der Waals surface area contributed by atoms with E-state index in [0.717, 1.165) is 0 Å². The Morgan fingerprint density at radius 3 is 2.75 bits per heavy atom. The fourth-order valence-electron chi connectivity index (χ4n) is 1.57. The zero-order valence-electron chi connectivity index (χ0n) is 8.41. The number of fused-ring (bicyclic) bond motifs is 1. The van der Waals surface area contributed by atoms with E-state index in [1.807, 2.05) is 0 Å². The molecular weight excluding hydrogens is 234 g/mol. The van der Waals surface area contributed by atoms with Gasteiger partial charge in [-0.2, -0.15) is 0 Å². The lowest BCUT2D eigenvalue weighted by atomic mass is 10.1. The molecule has 1 heterocycles. The summed E-state index contributed by atoms with van der Waals surface area (Å²) in [5.74, 6) is -1.13. The Kier molecular flexibility index (Phi) is 4.15.